The molecule has 0 aliphatic carbocycles. The molecule has 0 atom stereocenters. The predicted octanol–water partition coefficient (Wildman–Crippen LogP) is 3.70. The fraction of sp³-hybridized carbons (Fsp3) is 0.158. The number of rotatable bonds is 7. The Morgan fingerprint density at radius 3 is 2.74 bits per heavy atom. The molecule has 0 radical (unpaired) electrons. The second-order valence-corrected chi connectivity index (χ2v) is 5.53. The molecular formula is C19H16F2N2O4. The SMILES string of the molecule is CCOc1cccc(-c2cc(COc3ccc(F)c(C(N)=O)c3F)no2)c1. The molecule has 0 aliphatic rings. The number of hydrogen-bond donors (Lipinski definition) is 1. The number of nitrogens with zero attached hydrogens (tertiary/aromatic N) is 1. The van der Waals surface area contributed by atoms with Crippen molar-refractivity contribution in [3.63, 3.8) is 0 Å². The van der Waals surface area contributed by atoms with Crippen LogP contribution < -0.4 is 15.2 Å². The minimum Gasteiger partial charge on any atom is -0.494 e. The van der Waals surface area contributed by atoms with E-state index in [9.17, 15) is 13.6 Å². The third kappa shape index (κ3) is 4.05. The van der Waals surface area contributed by atoms with Crippen molar-refractivity contribution in [3.8, 4) is 22.8 Å². The molecule has 140 valence electrons. The highest BCUT2D eigenvalue weighted by Gasteiger charge is 2.19. The fourth-order valence-electron chi connectivity index (χ4n) is 2.44. The molecular weight excluding hydrogens is 358 g/mol. The third-order valence-electron chi connectivity index (χ3n) is 3.67. The van der Waals surface area contributed by atoms with Crippen LogP contribution in [0.2, 0.25) is 0 Å². The summed E-state index contributed by atoms with van der Waals surface area (Å²) >= 11 is 0. The highest BCUT2D eigenvalue weighted by molar-refractivity contribution is 5.93. The summed E-state index contributed by atoms with van der Waals surface area (Å²) in [7, 11) is 0. The van der Waals surface area contributed by atoms with Gasteiger partial charge in [0.15, 0.2) is 17.3 Å². The lowest BCUT2D eigenvalue weighted by Crippen LogP contribution is -2.16. The molecule has 3 aromatic rings. The first-order valence-electron chi connectivity index (χ1n) is 8.09. The Labute approximate surface area is 153 Å². The summed E-state index contributed by atoms with van der Waals surface area (Å²) in [5, 5.41) is 3.86. The Morgan fingerprint density at radius 1 is 1.19 bits per heavy atom. The molecule has 0 aliphatic heterocycles. The molecule has 2 N–H and O–H groups in total. The summed E-state index contributed by atoms with van der Waals surface area (Å²) in [6.07, 6.45) is 0. The summed E-state index contributed by atoms with van der Waals surface area (Å²) in [6.45, 7) is 2.28. The number of ether oxygens (including phenoxy) is 2. The second kappa shape index (κ2) is 7.86. The van der Waals surface area contributed by atoms with E-state index in [-0.39, 0.29) is 12.4 Å². The largest absolute Gasteiger partial charge is 0.494 e. The number of halogens is 2. The van der Waals surface area contributed by atoms with Gasteiger partial charge in [-0.05, 0) is 31.2 Å². The summed E-state index contributed by atoms with van der Waals surface area (Å²) in [5.41, 5.74) is 5.27. The predicted molar refractivity (Wildman–Crippen MR) is 92.3 cm³/mol. The lowest BCUT2D eigenvalue weighted by Gasteiger charge is -2.08. The minimum atomic E-state index is -1.21. The van der Waals surface area contributed by atoms with Gasteiger partial charge in [0.05, 0.1) is 6.61 Å². The van der Waals surface area contributed by atoms with E-state index in [2.05, 4.69) is 5.16 Å². The van der Waals surface area contributed by atoms with E-state index in [1.165, 1.54) is 0 Å². The number of aromatic nitrogens is 1. The van der Waals surface area contributed by atoms with Crippen molar-refractivity contribution in [2.75, 3.05) is 6.61 Å². The number of nitrogens with two attached hydrogens (primary N) is 1. The van der Waals surface area contributed by atoms with Gasteiger partial charge in [0.1, 0.15) is 29.4 Å². The van der Waals surface area contributed by atoms with Crippen LogP contribution in [0.25, 0.3) is 11.3 Å². The molecule has 6 nitrogen and oxygen atoms in total. The van der Waals surface area contributed by atoms with Gasteiger partial charge in [-0.2, -0.15) is 0 Å². The lowest BCUT2D eigenvalue weighted by atomic mass is 10.1. The van der Waals surface area contributed by atoms with E-state index in [4.69, 9.17) is 19.7 Å². The van der Waals surface area contributed by atoms with Crippen LogP contribution >= 0.6 is 0 Å². The van der Waals surface area contributed by atoms with Gasteiger partial charge in [0.2, 0.25) is 0 Å². The maximum atomic E-state index is 14.2. The molecule has 0 saturated carbocycles. The molecule has 1 heterocycles. The Morgan fingerprint density at radius 2 is 2.00 bits per heavy atom. The number of hydrogen-bond acceptors (Lipinski definition) is 5. The first kappa shape index (κ1) is 18.4. The summed E-state index contributed by atoms with van der Waals surface area (Å²) < 4.78 is 43.6. The van der Waals surface area contributed by atoms with Gasteiger partial charge in [-0.3, -0.25) is 4.79 Å². The van der Waals surface area contributed by atoms with E-state index in [1.54, 1.807) is 12.1 Å². The van der Waals surface area contributed by atoms with Gasteiger partial charge in [-0.1, -0.05) is 17.3 Å². The van der Waals surface area contributed by atoms with Crippen LogP contribution in [0.1, 0.15) is 23.0 Å². The Hall–Kier alpha value is -3.42. The number of carbonyl (C=O) groups excluding carboxylic acids is 1. The maximum absolute atomic E-state index is 14.2. The van der Waals surface area contributed by atoms with Gasteiger partial charge in [0.25, 0.3) is 5.91 Å². The molecule has 3 rings (SSSR count). The van der Waals surface area contributed by atoms with Gasteiger partial charge >= 0.3 is 0 Å². The Balaban J connectivity index is 1.75. The standard InChI is InChI=1S/C19H16F2N2O4/c1-2-25-13-5-3-4-11(8-13)16-9-12(23-27-16)10-26-15-7-6-14(20)17(18(15)21)19(22)24/h3-9H,2,10H2,1H3,(H2,22,24). The second-order valence-electron chi connectivity index (χ2n) is 5.53. The summed E-state index contributed by atoms with van der Waals surface area (Å²) in [6, 6.07) is 10.9. The topological polar surface area (TPSA) is 87.6 Å². The molecule has 0 bridgehead atoms. The zero-order valence-electron chi connectivity index (χ0n) is 14.4. The molecule has 1 amide bonds. The summed E-state index contributed by atoms with van der Waals surface area (Å²) in [5.74, 6) is -2.56. The van der Waals surface area contributed by atoms with Gasteiger partial charge in [0, 0.05) is 11.6 Å². The molecule has 1 aromatic heterocycles. The highest BCUT2D eigenvalue weighted by atomic mass is 19.1. The van der Waals surface area contributed by atoms with Crippen LogP contribution in [0.15, 0.2) is 47.0 Å². The normalized spacial score (nSPS) is 10.6. The molecule has 8 heteroatoms. The van der Waals surface area contributed by atoms with E-state index in [0.29, 0.717) is 23.8 Å². The number of benzene rings is 2. The smallest absolute Gasteiger partial charge is 0.254 e. The number of primary amides is 1. The van der Waals surface area contributed by atoms with Crippen LogP contribution in [0, 0.1) is 11.6 Å². The van der Waals surface area contributed by atoms with Gasteiger partial charge in [-0.25, -0.2) is 8.78 Å². The van der Waals surface area contributed by atoms with Crippen molar-refractivity contribution < 1.29 is 27.6 Å². The van der Waals surface area contributed by atoms with Crippen LogP contribution in [-0.4, -0.2) is 17.7 Å². The van der Waals surface area contributed by atoms with E-state index in [1.807, 2.05) is 25.1 Å². The molecule has 0 unspecified atom stereocenters. The van der Waals surface area contributed by atoms with Gasteiger partial charge < -0.3 is 19.7 Å². The molecule has 2 aromatic carbocycles. The first-order chi connectivity index (χ1) is 13.0. The number of amides is 1. The van der Waals surface area contributed by atoms with Crippen molar-refractivity contribution in [1.82, 2.24) is 5.16 Å². The van der Waals surface area contributed by atoms with Crippen molar-refractivity contribution in [1.29, 1.82) is 0 Å². The lowest BCUT2D eigenvalue weighted by molar-refractivity contribution is 0.0991. The van der Waals surface area contributed by atoms with Crippen molar-refractivity contribution in [2.24, 2.45) is 5.73 Å². The van der Waals surface area contributed by atoms with Crippen molar-refractivity contribution in [2.45, 2.75) is 13.5 Å². The van der Waals surface area contributed by atoms with E-state index < -0.39 is 23.1 Å². The highest BCUT2D eigenvalue weighted by Crippen LogP contribution is 2.26. The average molecular weight is 374 g/mol. The van der Waals surface area contributed by atoms with Crippen LogP contribution in [-0.2, 0) is 6.61 Å². The van der Waals surface area contributed by atoms with E-state index in [0.717, 1.165) is 17.7 Å². The van der Waals surface area contributed by atoms with Crippen molar-refractivity contribution >= 4 is 5.91 Å². The molecule has 0 fully saturated rings. The van der Waals surface area contributed by atoms with Crippen LogP contribution in [0.3, 0.4) is 0 Å². The molecule has 0 spiro atoms. The van der Waals surface area contributed by atoms with Crippen LogP contribution in [0.4, 0.5) is 8.78 Å². The number of carbonyl (C=O) groups is 1. The van der Waals surface area contributed by atoms with Crippen LogP contribution in [0.5, 0.6) is 11.5 Å². The average Bonchev–Trinajstić information content (AvgIpc) is 3.10. The Kier molecular flexibility index (Phi) is 5.35. The maximum Gasteiger partial charge on any atom is 0.254 e. The Bertz CT molecular complexity index is 972. The fourth-order valence-corrected chi connectivity index (χ4v) is 2.44. The first-order valence-corrected chi connectivity index (χ1v) is 8.09. The quantitative estimate of drug-likeness (QED) is 0.681. The monoisotopic (exact) mass is 374 g/mol. The molecule has 27 heavy (non-hydrogen) atoms. The van der Waals surface area contributed by atoms with E-state index >= 15 is 0 Å². The summed E-state index contributed by atoms with van der Waals surface area (Å²) in [4.78, 5) is 11.2. The molecule has 0 saturated heterocycles. The van der Waals surface area contributed by atoms with Gasteiger partial charge in [-0.15, -0.1) is 0 Å². The van der Waals surface area contributed by atoms with Crippen molar-refractivity contribution in [3.05, 3.63) is 65.4 Å². The third-order valence-corrected chi connectivity index (χ3v) is 3.67. The zero-order chi connectivity index (χ0) is 19.4. The zero-order valence-corrected chi connectivity index (χ0v) is 14.4. The minimum absolute atomic E-state index is 0.143.